The Kier molecular flexibility index (Phi) is 7.18. The lowest BCUT2D eigenvalue weighted by atomic mass is 10.1. The van der Waals surface area contributed by atoms with E-state index in [4.69, 9.17) is 10.2 Å². The maximum atomic E-state index is 10.7. The average Bonchev–Trinajstić information content (AvgIpc) is 2.32. The van der Waals surface area contributed by atoms with E-state index in [9.17, 15) is 24.6 Å². The summed E-state index contributed by atoms with van der Waals surface area (Å²) in [6.45, 7) is -1.35. The van der Waals surface area contributed by atoms with E-state index in [2.05, 4.69) is 0 Å². The lowest BCUT2D eigenvalue weighted by molar-refractivity contribution is -0.142. The highest BCUT2D eigenvalue weighted by molar-refractivity contribution is 5.85. The van der Waals surface area contributed by atoms with Gasteiger partial charge in [-0.1, -0.05) is 0 Å². The molecule has 0 spiro atoms. The van der Waals surface area contributed by atoms with E-state index in [1.165, 1.54) is 6.07 Å². The van der Waals surface area contributed by atoms with Crippen molar-refractivity contribution in [3.05, 3.63) is 23.3 Å². The number of phenolic OH excluding ortho intramolecular Hbond substituents is 2. The molecule has 1 aromatic carbocycles. The summed E-state index contributed by atoms with van der Waals surface area (Å²) in [6, 6.07) is 2.29. The Morgan fingerprint density at radius 3 is 2.05 bits per heavy atom. The highest BCUT2D eigenvalue weighted by Gasteiger charge is 2.17. The van der Waals surface area contributed by atoms with Crippen LogP contribution in [0.3, 0.4) is 0 Å². The van der Waals surface area contributed by atoms with Gasteiger partial charge in [-0.3, -0.25) is 19.3 Å². The van der Waals surface area contributed by atoms with Crippen LogP contribution in [0.15, 0.2) is 12.1 Å². The zero-order valence-corrected chi connectivity index (χ0v) is 11.5. The molecule has 0 saturated carbocycles. The van der Waals surface area contributed by atoms with Crippen LogP contribution in [0.5, 0.6) is 11.5 Å². The third-order valence-electron chi connectivity index (χ3n) is 2.44. The second kappa shape index (κ2) is 8.08. The molecule has 0 unspecified atom stereocenters. The number of benzene rings is 1. The minimum absolute atomic E-state index is 0. The highest BCUT2D eigenvalue weighted by atomic mass is 35.5. The molecule has 116 valence electrons. The van der Waals surface area contributed by atoms with Gasteiger partial charge in [0.05, 0.1) is 13.1 Å². The molecule has 0 fully saturated rings. The number of rotatable bonds is 7. The predicted octanol–water partition coefficient (Wildman–Crippen LogP) is 0.303. The van der Waals surface area contributed by atoms with E-state index in [-0.39, 0.29) is 30.1 Å². The van der Waals surface area contributed by atoms with Crippen molar-refractivity contribution in [1.82, 2.24) is 4.90 Å². The molecule has 0 atom stereocenters. The number of carboxylic acid groups (broad SMARTS) is 2. The van der Waals surface area contributed by atoms with Crippen molar-refractivity contribution in [3.8, 4) is 11.5 Å². The minimum atomic E-state index is -1.23. The van der Waals surface area contributed by atoms with Crippen molar-refractivity contribution in [2.45, 2.75) is 6.54 Å². The number of nitrogens with zero attached hydrogens (tertiary/aromatic N) is 1. The maximum absolute atomic E-state index is 10.7. The van der Waals surface area contributed by atoms with Crippen LogP contribution >= 0.6 is 12.4 Å². The number of hydrogen-bond donors (Lipinski definition) is 4. The van der Waals surface area contributed by atoms with Crippen LogP contribution in [0.2, 0.25) is 0 Å². The van der Waals surface area contributed by atoms with Crippen molar-refractivity contribution in [3.63, 3.8) is 0 Å². The van der Waals surface area contributed by atoms with Crippen LogP contribution in [-0.2, 0) is 16.1 Å². The van der Waals surface area contributed by atoms with E-state index < -0.39 is 36.5 Å². The van der Waals surface area contributed by atoms with Crippen molar-refractivity contribution >= 4 is 30.6 Å². The van der Waals surface area contributed by atoms with Gasteiger partial charge in [-0.25, -0.2) is 0 Å². The molecule has 0 heterocycles. The summed E-state index contributed by atoms with van der Waals surface area (Å²) in [5.74, 6) is -3.52. The average molecular weight is 320 g/mol. The number of hydrogen-bond acceptors (Lipinski definition) is 6. The zero-order chi connectivity index (χ0) is 15.3. The largest absolute Gasteiger partial charge is 0.504 e. The second-order valence-corrected chi connectivity index (χ2v) is 4.10. The third kappa shape index (κ3) is 5.67. The standard InChI is InChI=1S/C12H13NO7.ClH/c14-6-7-1-8(12(20)9(15)2-7)3-13(4-10(16)17)5-11(18)19;/h1-2,6,15,20H,3-5H2,(H,16,17)(H,18,19);1H. The van der Waals surface area contributed by atoms with Crippen LogP contribution in [-0.4, -0.2) is 56.6 Å². The Bertz CT molecular complexity index is 531. The van der Waals surface area contributed by atoms with Gasteiger partial charge in [-0.05, 0) is 12.1 Å². The van der Waals surface area contributed by atoms with Crippen LogP contribution < -0.4 is 0 Å². The van der Waals surface area contributed by atoms with Gasteiger partial charge in [0.1, 0.15) is 6.29 Å². The summed E-state index contributed by atoms with van der Waals surface area (Å²) in [5, 5.41) is 36.5. The summed E-state index contributed by atoms with van der Waals surface area (Å²) in [5.41, 5.74) is 0.149. The molecule has 0 aliphatic heterocycles. The maximum Gasteiger partial charge on any atom is 0.317 e. The van der Waals surface area contributed by atoms with Crippen molar-refractivity contribution < 1.29 is 34.8 Å². The number of aliphatic carboxylic acids is 2. The Morgan fingerprint density at radius 1 is 1.10 bits per heavy atom. The van der Waals surface area contributed by atoms with Crippen LogP contribution in [0, 0.1) is 0 Å². The molecule has 0 amide bonds. The van der Waals surface area contributed by atoms with Crippen molar-refractivity contribution in [2.24, 2.45) is 0 Å². The summed E-state index contributed by atoms with van der Waals surface area (Å²) in [4.78, 5) is 33.0. The summed E-state index contributed by atoms with van der Waals surface area (Å²) < 4.78 is 0. The Hall–Kier alpha value is -2.32. The van der Waals surface area contributed by atoms with Crippen LogP contribution in [0.4, 0.5) is 0 Å². The Labute approximate surface area is 125 Å². The molecule has 0 radical (unpaired) electrons. The van der Waals surface area contributed by atoms with Gasteiger partial charge < -0.3 is 20.4 Å². The minimum Gasteiger partial charge on any atom is -0.504 e. The molecular formula is C12H14ClNO7. The van der Waals surface area contributed by atoms with E-state index in [0.717, 1.165) is 11.0 Å². The van der Waals surface area contributed by atoms with Gasteiger partial charge in [-0.2, -0.15) is 0 Å². The first-order chi connectivity index (χ1) is 9.33. The van der Waals surface area contributed by atoms with Gasteiger partial charge >= 0.3 is 11.9 Å². The van der Waals surface area contributed by atoms with E-state index in [1.807, 2.05) is 0 Å². The molecule has 0 aliphatic rings. The smallest absolute Gasteiger partial charge is 0.317 e. The summed E-state index contributed by atoms with van der Waals surface area (Å²) in [6.07, 6.45) is 0.446. The first kappa shape index (κ1) is 18.7. The lowest BCUT2D eigenvalue weighted by Gasteiger charge is -2.19. The van der Waals surface area contributed by atoms with Crippen LogP contribution in [0.1, 0.15) is 15.9 Å². The molecule has 1 rings (SSSR count). The van der Waals surface area contributed by atoms with E-state index in [1.54, 1.807) is 0 Å². The fraction of sp³-hybridized carbons (Fsp3) is 0.250. The summed E-state index contributed by atoms with van der Waals surface area (Å²) in [7, 11) is 0. The van der Waals surface area contributed by atoms with Gasteiger partial charge in [0.15, 0.2) is 11.5 Å². The molecule has 0 aliphatic carbocycles. The first-order valence-corrected chi connectivity index (χ1v) is 5.49. The first-order valence-electron chi connectivity index (χ1n) is 5.49. The SMILES string of the molecule is Cl.O=Cc1cc(O)c(O)c(CN(CC(=O)O)CC(=O)O)c1. The number of carboxylic acids is 2. The molecule has 1 aromatic rings. The fourth-order valence-electron chi connectivity index (χ4n) is 1.68. The molecule has 21 heavy (non-hydrogen) atoms. The topological polar surface area (TPSA) is 135 Å². The Balaban J connectivity index is 0.00000400. The van der Waals surface area contributed by atoms with Gasteiger partial charge in [0, 0.05) is 17.7 Å². The fourth-order valence-corrected chi connectivity index (χ4v) is 1.68. The van der Waals surface area contributed by atoms with Crippen molar-refractivity contribution in [2.75, 3.05) is 13.1 Å². The van der Waals surface area contributed by atoms with Crippen molar-refractivity contribution in [1.29, 1.82) is 0 Å². The zero-order valence-electron chi connectivity index (χ0n) is 10.7. The van der Waals surface area contributed by atoms with E-state index in [0.29, 0.717) is 6.29 Å². The van der Waals surface area contributed by atoms with Crippen LogP contribution in [0.25, 0.3) is 0 Å². The number of phenols is 2. The molecule has 0 bridgehead atoms. The Morgan fingerprint density at radius 2 is 1.62 bits per heavy atom. The third-order valence-corrected chi connectivity index (χ3v) is 2.44. The highest BCUT2D eigenvalue weighted by Crippen LogP contribution is 2.30. The number of carbonyl (C=O) groups excluding carboxylic acids is 1. The molecule has 9 heteroatoms. The number of aromatic hydroxyl groups is 2. The van der Waals surface area contributed by atoms with Gasteiger partial charge in [-0.15, -0.1) is 12.4 Å². The van der Waals surface area contributed by atoms with Gasteiger partial charge in [0.25, 0.3) is 0 Å². The number of carbonyl (C=O) groups is 3. The molecule has 0 saturated heterocycles. The quantitative estimate of drug-likeness (QED) is 0.416. The molecule has 8 nitrogen and oxygen atoms in total. The normalized spacial score (nSPS) is 9.95. The predicted molar refractivity (Wildman–Crippen MR) is 73.0 cm³/mol. The molecular weight excluding hydrogens is 306 g/mol. The lowest BCUT2D eigenvalue weighted by Crippen LogP contribution is -2.34. The monoisotopic (exact) mass is 319 g/mol. The second-order valence-electron chi connectivity index (χ2n) is 4.10. The summed E-state index contributed by atoms with van der Waals surface area (Å²) >= 11 is 0. The molecule has 0 aromatic heterocycles. The van der Waals surface area contributed by atoms with Gasteiger partial charge in [0.2, 0.25) is 0 Å². The number of aldehydes is 1. The van der Waals surface area contributed by atoms with E-state index >= 15 is 0 Å². The number of halogens is 1. The molecule has 4 N–H and O–H groups in total.